The van der Waals surface area contributed by atoms with E-state index in [0.717, 1.165) is 38.3 Å². The van der Waals surface area contributed by atoms with E-state index in [4.69, 9.17) is 0 Å². The first kappa shape index (κ1) is 22.4. The van der Waals surface area contributed by atoms with Gasteiger partial charge in [0.2, 0.25) is 5.91 Å². The summed E-state index contributed by atoms with van der Waals surface area (Å²) in [6, 6.07) is 4.71. The van der Waals surface area contributed by atoms with Crippen LogP contribution in [0.5, 0.6) is 5.75 Å². The molecule has 1 saturated heterocycles. The normalized spacial score (nSPS) is 24.7. The van der Waals surface area contributed by atoms with Gasteiger partial charge in [0, 0.05) is 64.0 Å². The van der Waals surface area contributed by atoms with E-state index in [0.29, 0.717) is 19.5 Å². The fraction of sp³-hybridized carbons (Fsp3) is 0.636. The minimum absolute atomic E-state index is 0.0250. The Hall–Kier alpha value is -2.32. The van der Waals surface area contributed by atoms with Gasteiger partial charge in [-0.3, -0.25) is 14.5 Å². The van der Waals surface area contributed by atoms with Gasteiger partial charge in [-0.05, 0) is 38.8 Å². The summed E-state index contributed by atoms with van der Waals surface area (Å²) in [5, 5.41) is 24.1. The van der Waals surface area contributed by atoms with Crippen molar-refractivity contribution >= 4 is 17.5 Å². The van der Waals surface area contributed by atoms with Crippen LogP contribution in [-0.2, 0) is 4.79 Å². The highest BCUT2D eigenvalue weighted by molar-refractivity contribution is 5.97. The molecule has 0 bridgehead atoms. The number of carbonyl (C=O) groups excluding carboxylic acids is 2. The lowest BCUT2D eigenvalue weighted by Crippen LogP contribution is -2.55. The summed E-state index contributed by atoms with van der Waals surface area (Å²) in [5.41, 5.74) is 1.09. The predicted octanol–water partition coefficient (Wildman–Crippen LogP) is 1.02. The molecule has 0 unspecified atom stereocenters. The summed E-state index contributed by atoms with van der Waals surface area (Å²) in [6.45, 7) is 10.1. The summed E-state index contributed by atoms with van der Waals surface area (Å²) in [6.07, 6.45) is 0.803. The Balaban J connectivity index is 1.59. The minimum Gasteiger partial charge on any atom is -0.507 e. The lowest BCUT2D eigenvalue weighted by Gasteiger charge is -2.39. The van der Waals surface area contributed by atoms with E-state index < -0.39 is 6.10 Å². The second-order valence-corrected chi connectivity index (χ2v) is 8.13. The van der Waals surface area contributed by atoms with Crippen molar-refractivity contribution in [2.24, 2.45) is 0 Å². The zero-order valence-corrected chi connectivity index (χ0v) is 18.2. The van der Waals surface area contributed by atoms with E-state index in [-0.39, 0.29) is 35.2 Å². The number of phenolic OH excluding ortho intramolecular Hbond substituents is 1. The van der Waals surface area contributed by atoms with Crippen LogP contribution in [0.4, 0.5) is 5.69 Å². The van der Waals surface area contributed by atoms with Gasteiger partial charge in [0.15, 0.2) is 0 Å². The summed E-state index contributed by atoms with van der Waals surface area (Å²) in [5.74, 6) is -0.343. The number of benzene rings is 1. The second-order valence-electron chi connectivity index (χ2n) is 8.13. The number of nitrogens with zero attached hydrogens (tertiary/aromatic N) is 3. The first-order valence-electron chi connectivity index (χ1n) is 10.9. The summed E-state index contributed by atoms with van der Waals surface area (Å²) < 4.78 is 0. The molecule has 1 aliphatic carbocycles. The van der Waals surface area contributed by atoms with Crippen molar-refractivity contribution in [2.45, 2.75) is 51.8 Å². The number of hydrogen-bond acceptors (Lipinski definition) is 6. The molecule has 1 aromatic carbocycles. The van der Waals surface area contributed by atoms with Crippen LogP contribution in [0.3, 0.4) is 0 Å². The van der Waals surface area contributed by atoms with E-state index in [2.05, 4.69) is 15.1 Å². The average Bonchev–Trinajstić information content (AvgIpc) is 3.09. The van der Waals surface area contributed by atoms with Gasteiger partial charge in [-0.2, -0.15) is 0 Å². The molecule has 1 saturated carbocycles. The third-order valence-corrected chi connectivity index (χ3v) is 6.48. The number of carbonyl (C=O) groups is 2. The van der Waals surface area contributed by atoms with Crippen LogP contribution in [0.2, 0.25) is 0 Å². The number of nitrogens with one attached hydrogen (secondary N) is 1. The number of rotatable bonds is 6. The van der Waals surface area contributed by atoms with E-state index in [1.807, 2.05) is 24.8 Å². The van der Waals surface area contributed by atoms with Gasteiger partial charge in [-0.15, -0.1) is 0 Å². The van der Waals surface area contributed by atoms with Gasteiger partial charge < -0.3 is 25.3 Å². The maximum atomic E-state index is 12.7. The Morgan fingerprint density at radius 1 is 1.13 bits per heavy atom. The molecule has 1 aromatic rings. The lowest BCUT2D eigenvalue weighted by atomic mass is 10.1. The number of phenols is 1. The van der Waals surface area contributed by atoms with Gasteiger partial charge >= 0.3 is 0 Å². The maximum absolute atomic E-state index is 12.7. The molecule has 2 amide bonds. The van der Waals surface area contributed by atoms with Crippen molar-refractivity contribution in [1.82, 2.24) is 15.1 Å². The Kier molecular flexibility index (Phi) is 7.20. The molecule has 30 heavy (non-hydrogen) atoms. The first-order valence-corrected chi connectivity index (χ1v) is 10.9. The van der Waals surface area contributed by atoms with Crippen LogP contribution in [0.25, 0.3) is 0 Å². The zero-order chi connectivity index (χ0) is 21.8. The first-order chi connectivity index (χ1) is 14.3. The molecule has 8 heteroatoms. The van der Waals surface area contributed by atoms with Gasteiger partial charge in [0.1, 0.15) is 5.75 Å². The van der Waals surface area contributed by atoms with Crippen LogP contribution >= 0.6 is 0 Å². The highest BCUT2D eigenvalue weighted by Crippen LogP contribution is 2.28. The highest BCUT2D eigenvalue weighted by Gasteiger charge is 2.40. The molecule has 3 rings (SSSR count). The van der Waals surface area contributed by atoms with Gasteiger partial charge in [0.25, 0.3) is 5.91 Å². The molecule has 1 aliphatic heterocycles. The van der Waals surface area contributed by atoms with Crippen molar-refractivity contribution in [2.75, 3.05) is 44.2 Å². The molecule has 0 radical (unpaired) electrons. The van der Waals surface area contributed by atoms with Crippen molar-refractivity contribution in [3.63, 3.8) is 0 Å². The summed E-state index contributed by atoms with van der Waals surface area (Å²) in [7, 11) is 0. The molecule has 8 nitrogen and oxygen atoms in total. The standard InChI is InChI=1S/C22H34N4O4/c1-4-24(5-2)16-6-7-17(20(28)14-16)22(30)23-18-8-9-19(21(18)29)26-12-10-25(11-13-26)15(3)27/h6-7,14,18-19,21,28-29H,4-5,8-13H2,1-3H3,(H,23,30)/t18-,19-,21-/m1/s1. The zero-order valence-electron chi connectivity index (χ0n) is 18.2. The van der Waals surface area contributed by atoms with Gasteiger partial charge in [-0.1, -0.05) is 0 Å². The number of aliphatic hydroxyl groups excluding tert-OH is 1. The monoisotopic (exact) mass is 418 g/mol. The van der Waals surface area contributed by atoms with Crippen molar-refractivity contribution in [1.29, 1.82) is 0 Å². The average molecular weight is 419 g/mol. The minimum atomic E-state index is -0.671. The van der Waals surface area contributed by atoms with E-state index in [1.165, 1.54) is 0 Å². The number of aromatic hydroxyl groups is 1. The quantitative estimate of drug-likeness (QED) is 0.639. The number of hydrogen-bond donors (Lipinski definition) is 3. The van der Waals surface area contributed by atoms with Crippen molar-refractivity contribution in [3.8, 4) is 5.75 Å². The Bertz CT molecular complexity index is 760. The van der Waals surface area contributed by atoms with Crippen LogP contribution in [0.15, 0.2) is 18.2 Å². The molecule has 166 valence electrons. The van der Waals surface area contributed by atoms with E-state index >= 15 is 0 Å². The van der Waals surface area contributed by atoms with Crippen LogP contribution in [0, 0.1) is 0 Å². The summed E-state index contributed by atoms with van der Waals surface area (Å²) >= 11 is 0. The molecule has 0 spiro atoms. The highest BCUT2D eigenvalue weighted by atomic mass is 16.3. The fourth-order valence-electron chi connectivity index (χ4n) is 4.63. The molecule has 2 fully saturated rings. The molecular weight excluding hydrogens is 384 g/mol. The van der Waals surface area contributed by atoms with Gasteiger partial charge in [0.05, 0.1) is 17.7 Å². The summed E-state index contributed by atoms with van der Waals surface area (Å²) in [4.78, 5) is 30.4. The Morgan fingerprint density at radius 2 is 1.80 bits per heavy atom. The largest absolute Gasteiger partial charge is 0.507 e. The number of aliphatic hydroxyl groups is 1. The topological polar surface area (TPSA) is 96.4 Å². The van der Waals surface area contributed by atoms with Crippen LogP contribution < -0.4 is 10.2 Å². The van der Waals surface area contributed by atoms with Crippen molar-refractivity contribution < 1.29 is 19.8 Å². The molecular formula is C22H34N4O4. The number of piperazine rings is 1. The van der Waals surface area contributed by atoms with E-state index in [1.54, 1.807) is 19.1 Å². The molecule has 1 heterocycles. The third kappa shape index (κ3) is 4.70. The van der Waals surface area contributed by atoms with Crippen LogP contribution in [0.1, 0.15) is 44.0 Å². The second kappa shape index (κ2) is 9.66. The van der Waals surface area contributed by atoms with Gasteiger partial charge in [-0.25, -0.2) is 0 Å². The van der Waals surface area contributed by atoms with E-state index in [9.17, 15) is 19.8 Å². The fourth-order valence-corrected chi connectivity index (χ4v) is 4.63. The predicted molar refractivity (Wildman–Crippen MR) is 116 cm³/mol. The lowest BCUT2D eigenvalue weighted by molar-refractivity contribution is -0.131. The van der Waals surface area contributed by atoms with Crippen LogP contribution in [-0.4, -0.2) is 89.3 Å². The Morgan fingerprint density at radius 3 is 2.37 bits per heavy atom. The molecule has 3 N–H and O–H groups in total. The molecule has 3 atom stereocenters. The Labute approximate surface area is 178 Å². The maximum Gasteiger partial charge on any atom is 0.255 e. The number of anilines is 1. The third-order valence-electron chi connectivity index (χ3n) is 6.48. The molecule has 2 aliphatic rings. The SMILES string of the molecule is CCN(CC)c1ccc(C(=O)N[C@@H]2CC[C@@H](N3CCN(C(C)=O)CC3)[C@@H]2O)c(O)c1. The smallest absolute Gasteiger partial charge is 0.255 e. The van der Waals surface area contributed by atoms with Crippen molar-refractivity contribution in [3.05, 3.63) is 23.8 Å². The number of amides is 2. The molecule has 0 aromatic heterocycles.